The third kappa shape index (κ3) is 3.95. The van der Waals surface area contributed by atoms with Crippen molar-refractivity contribution in [3.8, 4) is 11.5 Å². The van der Waals surface area contributed by atoms with Gasteiger partial charge in [-0.05, 0) is 42.5 Å². The Morgan fingerprint density at radius 3 is 2.45 bits per heavy atom. The van der Waals surface area contributed by atoms with Crippen molar-refractivity contribution in [2.75, 3.05) is 11.9 Å². The van der Waals surface area contributed by atoms with Crippen LogP contribution in [0.1, 0.15) is 10.4 Å². The van der Waals surface area contributed by atoms with E-state index in [1.54, 1.807) is 0 Å². The zero-order valence-corrected chi connectivity index (χ0v) is 11.2. The van der Waals surface area contributed by atoms with Crippen molar-refractivity contribution < 1.29 is 28.9 Å². The highest BCUT2D eigenvalue weighted by Crippen LogP contribution is 2.21. The first-order chi connectivity index (χ1) is 10.5. The maximum absolute atomic E-state index is 12.7. The van der Waals surface area contributed by atoms with E-state index in [0.29, 0.717) is 5.75 Å². The Kier molecular flexibility index (Phi) is 4.57. The molecule has 0 fully saturated rings. The lowest BCUT2D eigenvalue weighted by atomic mass is 10.1. The lowest BCUT2D eigenvalue weighted by Gasteiger charge is -2.10. The Morgan fingerprint density at radius 1 is 1.14 bits per heavy atom. The molecule has 0 aromatic heterocycles. The molecular weight excluding hydrogens is 293 g/mol. The zero-order valence-electron chi connectivity index (χ0n) is 11.2. The van der Waals surface area contributed by atoms with Gasteiger partial charge in [-0.15, -0.1) is 0 Å². The van der Waals surface area contributed by atoms with Crippen molar-refractivity contribution in [3.63, 3.8) is 0 Å². The van der Waals surface area contributed by atoms with E-state index in [9.17, 15) is 19.1 Å². The van der Waals surface area contributed by atoms with E-state index in [1.807, 2.05) is 0 Å². The highest BCUT2D eigenvalue weighted by molar-refractivity contribution is 6.01. The fourth-order valence-corrected chi connectivity index (χ4v) is 1.68. The molecule has 114 valence electrons. The van der Waals surface area contributed by atoms with Gasteiger partial charge < -0.3 is 20.3 Å². The second-order valence-electron chi connectivity index (χ2n) is 4.33. The first-order valence-electron chi connectivity index (χ1n) is 6.20. The fourth-order valence-electron chi connectivity index (χ4n) is 1.68. The van der Waals surface area contributed by atoms with Gasteiger partial charge in [0.2, 0.25) is 0 Å². The molecule has 2 aromatic carbocycles. The van der Waals surface area contributed by atoms with Crippen molar-refractivity contribution in [3.05, 3.63) is 53.8 Å². The number of halogens is 1. The van der Waals surface area contributed by atoms with Crippen LogP contribution in [0.15, 0.2) is 42.5 Å². The largest absolute Gasteiger partial charge is 0.508 e. The van der Waals surface area contributed by atoms with Gasteiger partial charge in [-0.3, -0.25) is 4.79 Å². The molecule has 2 rings (SSSR count). The maximum Gasteiger partial charge on any atom is 0.337 e. The molecule has 0 bridgehead atoms. The molecule has 6 nitrogen and oxygen atoms in total. The Labute approximate surface area is 124 Å². The molecular formula is C15H12FNO5. The molecule has 0 radical (unpaired) electrons. The van der Waals surface area contributed by atoms with Crippen LogP contribution in [-0.2, 0) is 4.79 Å². The molecule has 0 atom stereocenters. The van der Waals surface area contributed by atoms with E-state index in [4.69, 9.17) is 9.84 Å². The third-order valence-electron chi connectivity index (χ3n) is 2.69. The molecule has 0 aliphatic rings. The number of nitrogens with one attached hydrogen (secondary N) is 1. The fraction of sp³-hybridized carbons (Fsp3) is 0.0667. The summed E-state index contributed by atoms with van der Waals surface area (Å²) >= 11 is 0. The molecule has 0 spiro atoms. The van der Waals surface area contributed by atoms with Crippen molar-refractivity contribution in [2.24, 2.45) is 0 Å². The van der Waals surface area contributed by atoms with Crippen molar-refractivity contribution in [1.29, 1.82) is 0 Å². The van der Waals surface area contributed by atoms with Crippen LogP contribution in [0.2, 0.25) is 0 Å². The number of rotatable bonds is 5. The average molecular weight is 305 g/mol. The smallest absolute Gasteiger partial charge is 0.337 e. The van der Waals surface area contributed by atoms with E-state index < -0.39 is 17.7 Å². The third-order valence-corrected chi connectivity index (χ3v) is 2.69. The number of benzene rings is 2. The summed E-state index contributed by atoms with van der Waals surface area (Å²) in [5.41, 5.74) is -0.201. The predicted molar refractivity (Wildman–Crippen MR) is 75.6 cm³/mol. The standard InChI is InChI=1S/C15H12FNO5/c16-9-1-4-11(5-2-9)22-8-14(19)17-13-6-3-10(18)7-12(13)15(20)21/h1-7,18H,8H2,(H,17,19)(H,20,21). The number of amides is 1. The van der Waals surface area contributed by atoms with E-state index in [-0.39, 0.29) is 23.6 Å². The molecule has 3 N–H and O–H groups in total. The number of hydrogen-bond donors (Lipinski definition) is 3. The maximum atomic E-state index is 12.7. The van der Waals surface area contributed by atoms with Gasteiger partial charge in [0.05, 0.1) is 11.3 Å². The lowest BCUT2D eigenvalue weighted by Crippen LogP contribution is -2.21. The number of ether oxygens (including phenoxy) is 1. The van der Waals surface area contributed by atoms with Gasteiger partial charge in [-0.25, -0.2) is 9.18 Å². The first kappa shape index (κ1) is 15.3. The highest BCUT2D eigenvalue weighted by atomic mass is 19.1. The van der Waals surface area contributed by atoms with Crippen LogP contribution in [-0.4, -0.2) is 28.7 Å². The summed E-state index contributed by atoms with van der Waals surface area (Å²) in [4.78, 5) is 22.8. The Balaban J connectivity index is 2.00. The summed E-state index contributed by atoms with van der Waals surface area (Å²) in [5.74, 6) is -2.21. The van der Waals surface area contributed by atoms with Crippen LogP contribution in [0.5, 0.6) is 11.5 Å². The quantitative estimate of drug-likeness (QED) is 0.736. The van der Waals surface area contributed by atoms with Crippen LogP contribution < -0.4 is 10.1 Å². The van der Waals surface area contributed by atoms with Crippen LogP contribution in [0.4, 0.5) is 10.1 Å². The van der Waals surface area contributed by atoms with Crippen molar-refractivity contribution >= 4 is 17.6 Å². The normalized spacial score (nSPS) is 10.0. The van der Waals surface area contributed by atoms with Gasteiger partial charge in [0, 0.05) is 0 Å². The van der Waals surface area contributed by atoms with Gasteiger partial charge in [0.15, 0.2) is 6.61 Å². The first-order valence-corrected chi connectivity index (χ1v) is 6.20. The summed E-state index contributed by atoms with van der Waals surface area (Å²) in [5, 5.41) is 20.6. The van der Waals surface area contributed by atoms with Gasteiger partial charge in [0.1, 0.15) is 17.3 Å². The van der Waals surface area contributed by atoms with Crippen molar-refractivity contribution in [1.82, 2.24) is 0 Å². The molecule has 0 aliphatic heterocycles. The van der Waals surface area contributed by atoms with E-state index >= 15 is 0 Å². The number of anilines is 1. The molecule has 7 heteroatoms. The number of phenols is 1. The van der Waals surface area contributed by atoms with E-state index in [1.165, 1.54) is 36.4 Å². The summed E-state index contributed by atoms with van der Waals surface area (Å²) in [6.07, 6.45) is 0. The molecule has 0 saturated carbocycles. The van der Waals surface area contributed by atoms with Crippen LogP contribution in [0.25, 0.3) is 0 Å². The van der Waals surface area contributed by atoms with Gasteiger partial charge >= 0.3 is 5.97 Å². The number of carboxylic acid groups (broad SMARTS) is 1. The molecule has 0 unspecified atom stereocenters. The van der Waals surface area contributed by atoms with Gasteiger partial charge in [-0.1, -0.05) is 0 Å². The predicted octanol–water partition coefficient (Wildman–Crippen LogP) is 2.25. The van der Waals surface area contributed by atoms with Crippen LogP contribution >= 0.6 is 0 Å². The van der Waals surface area contributed by atoms with E-state index in [2.05, 4.69) is 5.32 Å². The highest BCUT2D eigenvalue weighted by Gasteiger charge is 2.13. The number of carbonyl (C=O) groups is 2. The monoisotopic (exact) mass is 305 g/mol. The number of carbonyl (C=O) groups excluding carboxylic acids is 1. The summed E-state index contributed by atoms with van der Waals surface area (Å²) in [7, 11) is 0. The minimum absolute atomic E-state index is 0.0398. The number of carboxylic acids is 1. The number of aromatic hydroxyl groups is 1. The topological polar surface area (TPSA) is 95.9 Å². The molecule has 0 aliphatic carbocycles. The molecule has 1 amide bonds. The molecule has 22 heavy (non-hydrogen) atoms. The van der Waals surface area contributed by atoms with Gasteiger partial charge in [-0.2, -0.15) is 0 Å². The number of aromatic carboxylic acids is 1. The number of hydrogen-bond acceptors (Lipinski definition) is 4. The Hall–Kier alpha value is -3.09. The molecule has 0 heterocycles. The zero-order chi connectivity index (χ0) is 16.1. The van der Waals surface area contributed by atoms with E-state index in [0.717, 1.165) is 6.07 Å². The van der Waals surface area contributed by atoms with Crippen LogP contribution in [0, 0.1) is 5.82 Å². The van der Waals surface area contributed by atoms with Crippen molar-refractivity contribution in [2.45, 2.75) is 0 Å². The summed E-state index contributed by atoms with van der Waals surface area (Å²) in [6.45, 7) is -0.369. The lowest BCUT2D eigenvalue weighted by molar-refractivity contribution is -0.118. The molecule has 2 aromatic rings. The number of phenolic OH excluding ortho intramolecular Hbond substituents is 1. The summed E-state index contributed by atoms with van der Waals surface area (Å²) in [6, 6.07) is 8.67. The second-order valence-corrected chi connectivity index (χ2v) is 4.33. The second kappa shape index (κ2) is 6.57. The van der Waals surface area contributed by atoms with Gasteiger partial charge in [0.25, 0.3) is 5.91 Å². The minimum Gasteiger partial charge on any atom is -0.508 e. The molecule has 0 saturated heterocycles. The SMILES string of the molecule is O=C(COc1ccc(F)cc1)Nc1ccc(O)cc1C(=O)O. The van der Waals surface area contributed by atoms with Crippen LogP contribution in [0.3, 0.4) is 0 Å². The average Bonchev–Trinajstić information content (AvgIpc) is 2.48. The Morgan fingerprint density at radius 2 is 1.82 bits per heavy atom. The minimum atomic E-state index is -1.29. The Bertz CT molecular complexity index is 700. The summed E-state index contributed by atoms with van der Waals surface area (Å²) < 4.78 is 17.9.